The number of amidine groups is 1. The molecule has 1 aliphatic rings. The number of carbonyl (C=O) groups excluding carboxylic acids is 1. The molecule has 0 atom stereocenters. The van der Waals surface area contributed by atoms with Gasteiger partial charge in [-0.2, -0.15) is 5.10 Å². The highest BCUT2D eigenvalue weighted by molar-refractivity contribution is 8.15. The molecule has 1 saturated heterocycles. The SMILES string of the molecule is COc1ccc(C=NN=C2NC(=O)CS2)cc1C. The number of carbonyl (C=O) groups is 1. The second kappa shape index (κ2) is 5.68. The fraction of sp³-hybridized carbons (Fsp3) is 0.250. The topological polar surface area (TPSA) is 63.1 Å². The molecule has 5 nitrogen and oxygen atoms in total. The molecule has 0 aromatic heterocycles. The molecule has 0 radical (unpaired) electrons. The number of rotatable bonds is 3. The van der Waals surface area contributed by atoms with Gasteiger partial charge in [0.15, 0.2) is 5.17 Å². The summed E-state index contributed by atoms with van der Waals surface area (Å²) in [5.74, 6) is 1.22. The average Bonchev–Trinajstić information content (AvgIpc) is 2.75. The van der Waals surface area contributed by atoms with Crippen LogP contribution in [0.1, 0.15) is 11.1 Å². The maximum absolute atomic E-state index is 10.9. The number of ether oxygens (including phenoxy) is 1. The molecule has 94 valence electrons. The van der Waals surface area contributed by atoms with Gasteiger partial charge in [-0.1, -0.05) is 11.8 Å². The molecule has 1 heterocycles. The predicted octanol–water partition coefficient (Wildman–Crippen LogP) is 1.56. The van der Waals surface area contributed by atoms with E-state index < -0.39 is 0 Å². The average molecular weight is 263 g/mol. The Morgan fingerprint density at radius 2 is 2.33 bits per heavy atom. The van der Waals surface area contributed by atoms with E-state index in [4.69, 9.17) is 4.74 Å². The van der Waals surface area contributed by atoms with Gasteiger partial charge in [0.05, 0.1) is 19.1 Å². The highest BCUT2D eigenvalue weighted by atomic mass is 32.2. The van der Waals surface area contributed by atoms with Crippen LogP contribution in [0.3, 0.4) is 0 Å². The molecule has 1 aliphatic heterocycles. The molecule has 1 amide bonds. The molecule has 0 bridgehead atoms. The van der Waals surface area contributed by atoms with Gasteiger partial charge in [-0.05, 0) is 36.2 Å². The van der Waals surface area contributed by atoms with Crippen molar-refractivity contribution in [3.8, 4) is 5.75 Å². The summed E-state index contributed by atoms with van der Waals surface area (Å²) in [6.45, 7) is 1.97. The summed E-state index contributed by atoms with van der Waals surface area (Å²) in [6, 6.07) is 5.74. The fourth-order valence-corrected chi connectivity index (χ4v) is 2.14. The van der Waals surface area contributed by atoms with Crippen LogP contribution in [0.5, 0.6) is 5.75 Å². The minimum atomic E-state index is -0.0331. The van der Waals surface area contributed by atoms with Crippen LogP contribution in [0.2, 0.25) is 0 Å². The van der Waals surface area contributed by atoms with Crippen molar-refractivity contribution in [3.63, 3.8) is 0 Å². The molecular formula is C12H13N3O2S. The highest BCUT2D eigenvalue weighted by Crippen LogP contribution is 2.17. The largest absolute Gasteiger partial charge is 0.496 e. The molecular weight excluding hydrogens is 250 g/mol. The highest BCUT2D eigenvalue weighted by Gasteiger charge is 2.15. The molecule has 18 heavy (non-hydrogen) atoms. The number of aryl methyl sites for hydroxylation is 1. The first-order valence-corrected chi connectivity index (χ1v) is 6.36. The smallest absolute Gasteiger partial charge is 0.236 e. The predicted molar refractivity (Wildman–Crippen MR) is 73.4 cm³/mol. The Labute approximate surface area is 109 Å². The van der Waals surface area contributed by atoms with Gasteiger partial charge in [-0.25, -0.2) is 0 Å². The first-order valence-electron chi connectivity index (χ1n) is 5.37. The van der Waals surface area contributed by atoms with Crippen LogP contribution in [-0.2, 0) is 4.79 Å². The first-order chi connectivity index (χ1) is 8.69. The van der Waals surface area contributed by atoms with Crippen LogP contribution < -0.4 is 10.1 Å². The lowest BCUT2D eigenvalue weighted by atomic mass is 10.1. The molecule has 1 aromatic rings. The minimum Gasteiger partial charge on any atom is -0.496 e. The maximum Gasteiger partial charge on any atom is 0.236 e. The van der Waals surface area contributed by atoms with E-state index in [1.807, 2.05) is 25.1 Å². The third-order valence-electron chi connectivity index (χ3n) is 2.36. The summed E-state index contributed by atoms with van der Waals surface area (Å²) in [5.41, 5.74) is 1.98. The summed E-state index contributed by atoms with van der Waals surface area (Å²) in [4.78, 5) is 10.9. The van der Waals surface area contributed by atoms with Crippen molar-refractivity contribution in [2.24, 2.45) is 10.2 Å². The fourth-order valence-electron chi connectivity index (χ4n) is 1.51. The van der Waals surface area contributed by atoms with Crippen LogP contribution in [0, 0.1) is 6.92 Å². The maximum atomic E-state index is 10.9. The molecule has 0 spiro atoms. The minimum absolute atomic E-state index is 0.0331. The van der Waals surface area contributed by atoms with Crippen LogP contribution in [0.4, 0.5) is 0 Å². The molecule has 1 N–H and O–H groups in total. The lowest BCUT2D eigenvalue weighted by molar-refractivity contribution is -0.116. The van der Waals surface area contributed by atoms with Crippen molar-refractivity contribution in [1.82, 2.24) is 5.32 Å². The zero-order valence-corrected chi connectivity index (χ0v) is 11.0. The monoisotopic (exact) mass is 263 g/mol. The van der Waals surface area contributed by atoms with Gasteiger partial charge in [0, 0.05) is 0 Å². The van der Waals surface area contributed by atoms with E-state index in [-0.39, 0.29) is 5.91 Å². The Hall–Kier alpha value is -1.82. The Morgan fingerprint density at radius 1 is 1.50 bits per heavy atom. The number of nitrogens with one attached hydrogen (secondary N) is 1. The second-order valence-corrected chi connectivity index (χ2v) is 4.68. The summed E-state index contributed by atoms with van der Waals surface area (Å²) in [5, 5.41) is 11.0. The van der Waals surface area contributed by atoms with Crippen molar-refractivity contribution in [3.05, 3.63) is 29.3 Å². The van der Waals surface area contributed by atoms with Gasteiger partial charge in [0.2, 0.25) is 5.91 Å². The zero-order chi connectivity index (χ0) is 13.0. The zero-order valence-electron chi connectivity index (χ0n) is 10.1. The summed E-state index contributed by atoms with van der Waals surface area (Å²) < 4.78 is 5.17. The number of nitrogens with zero attached hydrogens (tertiary/aromatic N) is 2. The number of amides is 1. The first kappa shape index (κ1) is 12.6. The van der Waals surface area contributed by atoms with Crippen LogP contribution in [-0.4, -0.2) is 30.2 Å². The Morgan fingerprint density at radius 3 is 2.94 bits per heavy atom. The Kier molecular flexibility index (Phi) is 3.99. The normalized spacial score (nSPS) is 17.4. The van der Waals surface area contributed by atoms with E-state index >= 15 is 0 Å². The summed E-state index contributed by atoms with van der Waals surface area (Å²) >= 11 is 1.35. The molecule has 1 aromatic carbocycles. The van der Waals surface area contributed by atoms with E-state index in [2.05, 4.69) is 15.5 Å². The Balaban J connectivity index is 2.05. The van der Waals surface area contributed by atoms with E-state index in [0.29, 0.717) is 10.9 Å². The van der Waals surface area contributed by atoms with Crippen molar-refractivity contribution in [2.45, 2.75) is 6.92 Å². The van der Waals surface area contributed by atoms with Gasteiger partial charge in [0.25, 0.3) is 0 Å². The quantitative estimate of drug-likeness (QED) is 0.665. The molecule has 6 heteroatoms. The lowest BCUT2D eigenvalue weighted by Gasteiger charge is -2.03. The molecule has 1 fully saturated rings. The third-order valence-corrected chi connectivity index (χ3v) is 3.22. The van der Waals surface area contributed by atoms with Crippen LogP contribution in [0.25, 0.3) is 0 Å². The van der Waals surface area contributed by atoms with Crippen molar-refractivity contribution in [1.29, 1.82) is 0 Å². The van der Waals surface area contributed by atoms with E-state index in [1.54, 1.807) is 13.3 Å². The second-order valence-electron chi connectivity index (χ2n) is 3.72. The number of hydrogen-bond donors (Lipinski definition) is 1. The summed E-state index contributed by atoms with van der Waals surface area (Å²) in [7, 11) is 1.64. The van der Waals surface area contributed by atoms with Gasteiger partial charge in [-0.15, -0.1) is 5.10 Å². The number of thioether (sulfide) groups is 1. The standard InChI is InChI=1S/C12H13N3O2S/c1-8-5-9(3-4-10(8)17-2)6-13-15-12-14-11(16)7-18-12/h3-6H,7H2,1-2H3,(H,14,15,16). The van der Waals surface area contributed by atoms with Crippen LogP contribution >= 0.6 is 11.8 Å². The van der Waals surface area contributed by atoms with E-state index in [0.717, 1.165) is 16.9 Å². The van der Waals surface area contributed by atoms with Gasteiger partial charge < -0.3 is 10.1 Å². The Bertz CT molecular complexity index is 526. The number of hydrogen-bond acceptors (Lipinski definition) is 5. The van der Waals surface area contributed by atoms with Gasteiger partial charge in [-0.3, -0.25) is 4.79 Å². The number of benzene rings is 1. The van der Waals surface area contributed by atoms with Crippen molar-refractivity contribution >= 4 is 29.1 Å². The molecule has 0 aliphatic carbocycles. The van der Waals surface area contributed by atoms with Crippen LogP contribution in [0.15, 0.2) is 28.4 Å². The number of methoxy groups -OCH3 is 1. The van der Waals surface area contributed by atoms with Crippen molar-refractivity contribution < 1.29 is 9.53 Å². The third kappa shape index (κ3) is 3.10. The molecule has 0 saturated carbocycles. The summed E-state index contributed by atoms with van der Waals surface area (Å²) in [6.07, 6.45) is 1.64. The van der Waals surface area contributed by atoms with E-state index in [9.17, 15) is 4.79 Å². The van der Waals surface area contributed by atoms with Gasteiger partial charge in [0.1, 0.15) is 5.75 Å². The van der Waals surface area contributed by atoms with Gasteiger partial charge >= 0.3 is 0 Å². The van der Waals surface area contributed by atoms with E-state index in [1.165, 1.54) is 11.8 Å². The lowest BCUT2D eigenvalue weighted by Crippen LogP contribution is -2.19. The molecule has 2 rings (SSSR count). The molecule has 0 unspecified atom stereocenters. The van der Waals surface area contributed by atoms with Crippen molar-refractivity contribution in [2.75, 3.05) is 12.9 Å².